The second-order valence-corrected chi connectivity index (χ2v) is 22.1. The Hall–Kier alpha value is 0.799. The van der Waals surface area contributed by atoms with Crippen molar-refractivity contribution in [1.29, 1.82) is 0 Å². The summed E-state index contributed by atoms with van der Waals surface area (Å²) in [4.78, 5) is 2.93. The van der Waals surface area contributed by atoms with Crippen molar-refractivity contribution in [3.05, 3.63) is 0 Å². The molecule has 0 radical (unpaired) electrons. The molecule has 0 bridgehead atoms. The first kappa shape index (κ1) is 12.8. The van der Waals surface area contributed by atoms with Gasteiger partial charge < -0.3 is 0 Å². The molecule has 98 valence electrons. The van der Waals surface area contributed by atoms with Crippen LogP contribution >= 0.6 is 0 Å². The fourth-order valence-corrected chi connectivity index (χ4v) is 25.5. The van der Waals surface area contributed by atoms with E-state index in [1.54, 1.807) is 77.0 Å². The van der Waals surface area contributed by atoms with Gasteiger partial charge in [-0.3, -0.25) is 0 Å². The summed E-state index contributed by atoms with van der Waals surface area (Å²) in [5, 5.41) is 0. The van der Waals surface area contributed by atoms with E-state index < -0.39 is 18.4 Å². The Morgan fingerprint density at radius 2 is 0.765 bits per heavy atom. The van der Waals surface area contributed by atoms with Gasteiger partial charge in [-0.15, -0.1) is 0 Å². The maximum absolute atomic E-state index is 2.93. The van der Waals surface area contributed by atoms with Gasteiger partial charge in [0.25, 0.3) is 0 Å². The summed E-state index contributed by atoms with van der Waals surface area (Å²) in [6.45, 7) is 0. The Morgan fingerprint density at radius 1 is 0.529 bits per heavy atom. The van der Waals surface area contributed by atoms with Crippen LogP contribution in [0.2, 0.25) is 16.7 Å². The molecule has 0 atom stereocenters. The Labute approximate surface area is 112 Å². The zero-order valence-corrected chi connectivity index (χ0v) is 14.6. The summed E-state index contributed by atoms with van der Waals surface area (Å²) in [6, 6.07) is 0. The summed E-state index contributed by atoms with van der Waals surface area (Å²) in [7, 11) is 0. The summed E-state index contributed by atoms with van der Waals surface area (Å²) >= 11 is -1.82. The van der Waals surface area contributed by atoms with Gasteiger partial charge in [-0.1, -0.05) is 0 Å². The summed E-state index contributed by atoms with van der Waals surface area (Å²) in [5.74, 6) is 0. The van der Waals surface area contributed by atoms with Crippen molar-refractivity contribution in [1.82, 2.24) is 0 Å². The second kappa shape index (κ2) is 5.43. The SMILES string of the molecule is [CH3][Sn]([CH]1CCCC1)([CH]1CCCC1)[CH]1CCCC1. The van der Waals surface area contributed by atoms with E-state index >= 15 is 0 Å². The van der Waals surface area contributed by atoms with Crippen LogP contribution in [0, 0.1) is 0 Å². The van der Waals surface area contributed by atoms with Crippen molar-refractivity contribution in [3.63, 3.8) is 0 Å². The van der Waals surface area contributed by atoms with Crippen LogP contribution in [0.5, 0.6) is 0 Å². The number of hydrogen-bond acceptors (Lipinski definition) is 0. The maximum atomic E-state index is 2.93. The Balaban J connectivity index is 1.81. The molecule has 0 aromatic rings. The second-order valence-electron chi connectivity index (χ2n) is 7.31. The first-order valence-electron chi connectivity index (χ1n) is 8.32. The summed E-state index contributed by atoms with van der Waals surface area (Å²) in [5.41, 5.74) is 0. The monoisotopic (exact) mass is 342 g/mol. The molecule has 0 heterocycles. The van der Waals surface area contributed by atoms with E-state index in [4.69, 9.17) is 0 Å². The molecular formula is C16H30Sn. The fourth-order valence-electron chi connectivity index (χ4n) is 5.64. The predicted octanol–water partition coefficient (Wildman–Crippen LogP) is 5.90. The zero-order valence-electron chi connectivity index (χ0n) is 11.7. The molecule has 3 aliphatic rings. The van der Waals surface area contributed by atoms with E-state index in [9.17, 15) is 0 Å². The molecule has 3 aliphatic carbocycles. The molecule has 17 heavy (non-hydrogen) atoms. The zero-order chi connectivity index (χ0) is 11.7. The average Bonchev–Trinajstić information content (AvgIpc) is 3.10. The molecule has 0 amide bonds. The van der Waals surface area contributed by atoms with Crippen LogP contribution in [-0.2, 0) is 0 Å². The van der Waals surface area contributed by atoms with E-state index in [2.05, 4.69) is 4.94 Å². The van der Waals surface area contributed by atoms with Crippen LogP contribution in [0.4, 0.5) is 0 Å². The van der Waals surface area contributed by atoms with Gasteiger partial charge in [-0.05, 0) is 0 Å². The fraction of sp³-hybridized carbons (Fsp3) is 1.00. The van der Waals surface area contributed by atoms with Gasteiger partial charge in [0.05, 0.1) is 0 Å². The van der Waals surface area contributed by atoms with Gasteiger partial charge in [0.15, 0.2) is 0 Å². The van der Waals surface area contributed by atoms with Crippen molar-refractivity contribution >= 4 is 18.4 Å². The van der Waals surface area contributed by atoms with E-state index in [0.29, 0.717) is 0 Å². The quantitative estimate of drug-likeness (QED) is 0.561. The number of hydrogen-bond donors (Lipinski definition) is 0. The third kappa shape index (κ3) is 2.32. The number of rotatable bonds is 3. The molecule has 0 aromatic carbocycles. The van der Waals surface area contributed by atoms with E-state index in [0.717, 1.165) is 0 Å². The molecule has 0 spiro atoms. The Morgan fingerprint density at radius 3 is 1.00 bits per heavy atom. The molecule has 0 nitrogen and oxygen atoms in total. The van der Waals surface area contributed by atoms with Crippen LogP contribution < -0.4 is 0 Å². The van der Waals surface area contributed by atoms with E-state index in [1.807, 2.05) is 0 Å². The summed E-state index contributed by atoms with van der Waals surface area (Å²) < 4.78 is 3.90. The average molecular weight is 341 g/mol. The molecule has 0 aliphatic heterocycles. The van der Waals surface area contributed by atoms with Crippen LogP contribution in [0.3, 0.4) is 0 Å². The summed E-state index contributed by atoms with van der Waals surface area (Å²) in [6.07, 6.45) is 19.4. The van der Waals surface area contributed by atoms with Gasteiger partial charge in [0.2, 0.25) is 0 Å². The molecule has 1 heteroatoms. The van der Waals surface area contributed by atoms with Crippen molar-refractivity contribution in [2.24, 2.45) is 0 Å². The molecule has 3 rings (SSSR count). The molecule has 0 saturated heterocycles. The molecule has 0 N–H and O–H groups in total. The Kier molecular flexibility index (Phi) is 4.09. The van der Waals surface area contributed by atoms with Crippen molar-refractivity contribution in [3.8, 4) is 0 Å². The molecule has 0 unspecified atom stereocenters. The third-order valence-corrected chi connectivity index (χ3v) is 26.7. The third-order valence-electron chi connectivity index (χ3n) is 6.70. The van der Waals surface area contributed by atoms with E-state index in [-0.39, 0.29) is 0 Å². The standard InChI is InChI=1S/3C5H9.CH3.Sn/c3*1-2-4-5-3-1;;/h3*1H,2-5H2;1H3;. The molecule has 3 saturated carbocycles. The van der Waals surface area contributed by atoms with Crippen LogP contribution in [0.15, 0.2) is 0 Å². The van der Waals surface area contributed by atoms with Gasteiger partial charge in [-0.2, -0.15) is 0 Å². The van der Waals surface area contributed by atoms with Crippen molar-refractivity contribution in [2.75, 3.05) is 0 Å². The molecule has 3 fully saturated rings. The van der Waals surface area contributed by atoms with Gasteiger partial charge >= 0.3 is 112 Å². The van der Waals surface area contributed by atoms with Crippen molar-refractivity contribution < 1.29 is 0 Å². The first-order valence-corrected chi connectivity index (χ1v) is 16.1. The minimum atomic E-state index is -1.82. The van der Waals surface area contributed by atoms with Gasteiger partial charge in [-0.25, -0.2) is 0 Å². The molecular weight excluding hydrogens is 311 g/mol. The van der Waals surface area contributed by atoms with Crippen LogP contribution in [-0.4, -0.2) is 18.4 Å². The van der Waals surface area contributed by atoms with Gasteiger partial charge in [0.1, 0.15) is 0 Å². The minimum absolute atomic E-state index is 1.30. The van der Waals surface area contributed by atoms with Gasteiger partial charge in [0, 0.05) is 0 Å². The Bertz CT molecular complexity index is 201. The van der Waals surface area contributed by atoms with Crippen LogP contribution in [0.1, 0.15) is 77.0 Å². The first-order chi connectivity index (χ1) is 8.32. The van der Waals surface area contributed by atoms with Crippen molar-refractivity contribution in [2.45, 2.75) is 93.8 Å². The van der Waals surface area contributed by atoms with E-state index in [1.165, 1.54) is 11.8 Å². The normalized spacial score (nSPS) is 29.5. The topological polar surface area (TPSA) is 0 Å². The predicted molar refractivity (Wildman–Crippen MR) is 78.3 cm³/mol. The molecule has 0 aromatic heterocycles. The van der Waals surface area contributed by atoms with Crippen LogP contribution in [0.25, 0.3) is 0 Å².